The number of ether oxygens (including phenoxy) is 4. The number of fused-ring (bicyclic) bond motifs is 1. The minimum absolute atomic E-state index is 0.0148. The van der Waals surface area contributed by atoms with Crippen molar-refractivity contribution in [3.8, 4) is 23.0 Å². The Morgan fingerprint density at radius 2 is 1.64 bits per heavy atom. The topological polar surface area (TPSA) is 112 Å². The van der Waals surface area contributed by atoms with E-state index in [2.05, 4.69) is 15.3 Å². The lowest BCUT2D eigenvalue weighted by molar-refractivity contribution is -0.137. The predicted octanol–water partition coefficient (Wildman–Crippen LogP) is 5.48. The van der Waals surface area contributed by atoms with E-state index in [4.69, 9.17) is 18.9 Å². The average Bonchev–Trinajstić information content (AvgIpc) is 3.48. The minimum atomic E-state index is -1.13. The van der Waals surface area contributed by atoms with Crippen molar-refractivity contribution in [2.75, 3.05) is 32.1 Å². The van der Waals surface area contributed by atoms with E-state index in [1.807, 2.05) is 19.9 Å². The Balaban J connectivity index is 1.53. The SMILES string of the molecule is COc1ccc([C@H](C(=O)Nc2ccc3c(c2)OCO3)N(Cc2ccc(F)cc2)C(=O)CSc2nc(C)cc(C)n2)cc1OC. The van der Waals surface area contributed by atoms with Crippen molar-refractivity contribution in [3.05, 3.63) is 95.1 Å². The number of nitrogens with one attached hydrogen (secondary N) is 1. The number of rotatable bonds is 11. The molecule has 0 unspecified atom stereocenters. The van der Waals surface area contributed by atoms with E-state index in [1.54, 1.807) is 48.5 Å². The number of anilines is 1. The van der Waals surface area contributed by atoms with E-state index in [1.165, 1.54) is 43.0 Å². The van der Waals surface area contributed by atoms with Crippen LogP contribution >= 0.6 is 11.8 Å². The van der Waals surface area contributed by atoms with Crippen molar-refractivity contribution >= 4 is 29.3 Å². The molecule has 0 spiro atoms. The van der Waals surface area contributed by atoms with E-state index >= 15 is 0 Å². The molecule has 1 aliphatic rings. The van der Waals surface area contributed by atoms with Gasteiger partial charge in [0, 0.05) is 29.7 Å². The molecule has 1 N–H and O–H groups in total. The Bertz CT molecular complexity index is 1650. The smallest absolute Gasteiger partial charge is 0.251 e. The Morgan fingerprint density at radius 3 is 2.34 bits per heavy atom. The zero-order valence-electron chi connectivity index (χ0n) is 24.6. The summed E-state index contributed by atoms with van der Waals surface area (Å²) in [6, 6.07) is 16.6. The lowest BCUT2D eigenvalue weighted by Gasteiger charge is -2.32. The van der Waals surface area contributed by atoms with Gasteiger partial charge in [0.15, 0.2) is 28.2 Å². The summed E-state index contributed by atoms with van der Waals surface area (Å²) in [5.74, 6) is 0.606. The van der Waals surface area contributed by atoms with Crippen LogP contribution in [-0.4, -0.2) is 53.4 Å². The molecule has 0 radical (unpaired) electrons. The number of aryl methyl sites for hydroxylation is 2. The molecule has 4 aromatic rings. The fraction of sp³-hybridized carbons (Fsp3) is 0.250. The normalized spacial score (nSPS) is 12.4. The number of halogens is 1. The summed E-state index contributed by atoms with van der Waals surface area (Å²) in [5, 5.41) is 3.37. The first-order chi connectivity index (χ1) is 21.2. The van der Waals surface area contributed by atoms with Crippen LogP contribution in [0.3, 0.4) is 0 Å². The van der Waals surface area contributed by atoms with Gasteiger partial charge in [-0.2, -0.15) is 0 Å². The van der Waals surface area contributed by atoms with Crippen molar-refractivity contribution in [3.63, 3.8) is 0 Å². The molecule has 10 nitrogen and oxygen atoms in total. The fourth-order valence-electron chi connectivity index (χ4n) is 4.76. The number of methoxy groups -OCH3 is 2. The molecule has 0 saturated heterocycles. The van der Waals surface area contributed by atoms with Crippen LogP contribution in [0.15, 0.2) is 71.9 Å². The van der Waals surface area contributed by atoms with Gasteiger partial charge in [-0.25, -0.2) is 14.4 Å². The van der Waals surface area contributed by atoms with Crippen LogP contribution in [0.2, 0.25) is 0 Å². The maximum atomic E-state index is 14.2. The molecule has 1 atom stereocenters. The highest BCUT2D eigenvalue weighted by atomic mass is 32.2. The number of hydrogen-bond acceptors (Lipinski definition) is 9. The molecular weight excluding hydrogens is 587 g/mol. The van der Waals surface area contributed by atoms with Gasteiger partial charge in [0.05, 0.1) is 20.0 Å². The van der Waals surface area contributed by atoms with E-state index in [0.29, 0.717) is 45.0 Å². The van der Waals surface area contributed by atoms with Gasteiger partial charge < -0.3 is 29.2 Å². The number of hydrogen-bond donors (Lipinski definition) is 1. The lowest BCUT2D eigenvalue weighted by Crippen LogP contribution is -2.41. The van der Waals surface area contributed by atoms with Gasteiger partial charge in [0.25, 0.3) is 5.91 Å². The first kappa shape index (κ1) is 30.6. The number of thioether (sulfide) groups is 1. The molecule has 5 rings (SSSR count). The first-order valence-electron chi connectivity index (χ1n) is 13.7. The van der Waals surface area contributed by atoms with E-state index < -0.39 is 17.8 Å². The lowest BCUT2D eigenvalue weighted by atomic mass is 10.0. The molecule has 3 aromatic carbocycles. The maximum Gasteiger partial charge on any atom is 0.251 e. The molecule has 2 heterocycles. The van der Waals surface area contributed by atoms with Gasteiger partial charge in [0.1, 0.15) is 11.9 Å². The van der Waals surface area contributed by atoms with Crippen molar-refractivity contribution in [2.24, 2.45) is 0 Å². The van der Waals surface area contributed by atoms with Crippen LogP contribution in [0.4, 0.5) is 10.1 Å². The Kier molecular flexibility index (Phi) is 9.49. The fourth-order valence-corrected chi connectivity index (χ4v) is 5.59. The zero-order valence-corrected chi connectivity index (χ0v) is 25.4. The van der Waals surface area contributed by atoms with Gasteiger partial charge in [-0.05, 0) is 67.4 Å². The minimum Gasteiger partial charge on any atom is -0.493 e. The monoisotopic (exact) mass is 618 g/mol. The van der Waals surface area contributed by atoms with Crippen molar-refractivity contribution in [1.82, 2.24) is 14.9 Å². The standard InChI is InChI=1S/C32H31FN4O6S/c1-19-13-20(2)35-32(34-19)44-17-29(38)37(16-21-5-8-23(33)9-6-21)30(22-7-11-25(40-3)27(14-22)41-4)31(39)36-24-10-12-26-28(15-24)43-18-42-26/h5-15,30H,16-18H2,1-4H3,(H,36,39)/t30-/m1/s1. The molecule has 1 aliphatic heterocycles. The third-order valence-corrected chi connectivity index (χ3v) is 7.63. The third kappa shape index (κ3) is 7.20. The van der Waals surface area contributed by atoms with Gasteiger partial charge in [-0.1, -0.05) is 30.0 Å². The van der Waals surface area contributed by atoms with Gasteiger partial charge in [0.2, 0.25) is 12.7 Å². The Labute approximate surface area is 258 Å². The van der Waals surface area contributed by atoms with Crippen LogP contribution in [0, 0.1) is 19.7 Å². The predicted molar refractivity (Wildman–Crippen MR) is 163 cm³/mol. The van der Waals surface area contributed by atoms with Crippen molar-refractivity contribution in [2.45, 2.75) is 31.6 Å². The summed E-state index contributed by atoms with van der Waals surface area (Å²) in [6.07, 6.45) is 0. The van der Waals surface area contributed by atoms with Crippen molar-refractivity contribution < 1.29 is 32.9 Å². The molecule has 12 heteroatoms. The molecular formula is C32H31FN4O6S. The van der Waals surface area contributed by atoms with Gasteiger partial charge in [-0.15, -0.1) is 0 Å². The third-order valence-electron chi connectivity index (χ3n) is 6.80. The second kappa shape index (κ2) is 13.6. The first-order valence-corrected chi connectivity index (χ1v) is 14.6. The second-order valence-corrected chi connectivity index (χ2v) is 10.9. The molecule has 2 amide bonds. The molecule has 0 bridgehead atoms. The summed E-state index contributed by atoms with van der Waals surface area (Å²) in [7, 11) is 3.00. The summed E-state index contributed by atoms with van der Waals surface area (Å²) < 4.78 is 35.6. The van der Waals surface area contributed by atoms with Crippen LogP contribution in [0.1, 0.15) is 28.6 Å². The number of aromatic nitrogens is 2. The summed E-state index contributed by atoms with van der Waals surface area (Å²) >= 11 is 1.17. The molecule has 228 valence electrons. The molecule has 1 aromatic heterocycles. The number of benzene rings is 3. The largest absolute Gasteiger partial charge is 0.493 e. The van der Waals surface area contributed by atoms with Crippen LogP contribution in [0.5, 0.6) is 23.0 Å². The van der Waals surface area contributed by atoms with Gasteiger partial charge in [-0.3, -0.25) is 9.59 Å². The number of amides is 2. The highest BCUT2D eigenvalue weighted by molar-refractivity contribution is 7.99. The Hall–Kier alpha value is -4.84. The van der Waals surface area contributed by atoms with E-state index in [0.717, 1.165) is 11.4 Å². The quantitative estimate of drug-likeness (QED) is 0.173. The van der Waals surface area contributed by atoms with E-state index in [9.17, 15) is 14.0 Å². The number of carbonyl (C=O) groups excluding carboxylic acids is 2. The highest BCUT2D eigenvalue weighted by Crippen LogP contribution is 2.36. The zero-order chi connectivity index (χ0) is 31.2. The van der Waals surface area contributed by atoms with E-state index in [-0.39, 0.29) is 25.0 Å². The highest BCUT2D eigenvalue weighted by Gasteiger charge is 2.33. The summed E-state index contributed by atoms with van der Waals surface area (Å²) in [6.45, 7) is 3.81. The van der Waals surface area contributed by atoms with Gasteiger partial charge >= 0.3 is 0 Å². The van der Waals surface area contributed by atoms with Crippen LogP contribution in [-0.2, 0) is 16.1 Å². The molecule has 44 heavy (non-hydrogen) atoms. The number of carbonyl (C=O) groups is 2. The summed E-state index contributed by atoms with van der Waals surface area (Å²) in [4.78, 5) is 38.6. The Morgan fingerprint density at radius 1 is 0.932 bits per heavy atom. The molecule has 0 aliphatic carbocycles. The molecule has 0 saturated carbocycles. The second-order valence-electron chi connectivity index (χ2n) is 9.94. The summed E-state index contributed by atoms with van der Waals surface area (Å²) in [5.41, 5.74) is 3.12. The van der Waals surface area contributed by atoms with Crippen LogP contribution in [0.25, 0.3) is 0 Å². The average molecular weight is 619 g/mol. The van der Waals surface area contributed by atoms with Crippen molar-refractivity contribution in [1.29, 1.82) is 0 Å². The van der Waals surface area contributed by atoms with Crippen LogP contribution < -0.4 is 24.3 Å². The maximum absolute atomic E-state index is 14.2. The number of nitrogens with zero attached hydrogens (tertiary/aromatic N) is 3. The molecule has 0 fully saturated rings.